The molecule has 0 saturated heterocycles. The molecular weight excluding hydrogens is 192 g/mol. The van der Waals surface area contributed by atoms with Crippen LogP contribution in [-0.4, -0.2) is 0 Å². The van der Waals surface area contributed by atoms with Crippen LogP contribution in [0.25, 0.3) is 0 Å². The minimum absolute atomic E-state index is 0.993. The van der Waals surface area contributed by atoms with Crippen LogP contribution in [0.4, 0.5) is 0 Å². The van der Waals surface area contributed by atoms with Crippen molar-refractivity contribution in [3.05, 3.63) is 49.1 Å². The predicted molar refractivity (Wildman–Crippen MR) is 75.6 cm³/mol. The molecule has 0 atom stereocenters. The Balaban J connectivity index is 3.26. The van der Waals surface area contributed by atoms with E-state index < -0.39 is 0 Å². The van der Waals surface area contributed by atoms with Crippen LogP contribution in [-0.2, 0) is 0 Å². The van der Waals surface area contributed by atoms with Gasteiger partial charge in [-0.1, -0.05) is 81.7 Å². The van der Waals surface area contributed by atoms with Crippen molar-refractivity contribution in [3.63, 3.8) is 0 Å². The summed E-state index contributed by atoms with van der Waals surface area (Å²) < 4.78 is 0. The molecule has 0 aromatic heterocycles. The van der Waals surface area contributed by atoms with Gasteiger partial charge in [0.1, 0.15) is 0 Å². The summed E-state index contributed by atoms with van der Waals surface area (Å²) in [5.74, 6) is 0. The summed E-state index contributed by atoms with van der Waals surface area (Å²) >= 11 is 0. The lowest BCUT2D eigenvalue weighted by Crippen LogP contribution is -1.75. The Kier molecular flexibility index (Phi) is 13.1. The number of unbranched alkanes of at least 4 members (excludes halogenated alkanes) is 5. The first-order valence-electron chi connectivity index (χ1n) is 6.51. The van der Waals surface area contributed by atoms with Gasteiger partial charge in [-0.05, 0) is 19.3 Å². The van der Waals surface area contributed by atoms with Crippen LogP contribution in [0.2, 0.25) is 0 Å². The van der Waals surface area contributed by atoms with E-state index in [0.717, 1.165) is 6.42 Å². The van der Waals surface area contributed by atoms with Gasteiger partial charge in [0, 0.05) is 0 Å². The van der Waals surface area contributed by atoms with E-state index in [1.165, 1.54) is 38.5 Å². The van der Waals surface area contributed by atoms with Gasteiger partial charge in [0.05, 0.1) is 0 Å². The molecule has 0 rings (SSSR count). The zero-order valence-electron chi connectivity index (χ0n) is 10.7. The van der Waals surface area contributed by atoms with E-state index in [4.69, 9.17) is 0 Å². The van der Waals surface area contributed by atoms with Crippen molar-refractivity contribution >= 4 is 0 Å². The molecule has 0 N–H and O–H groups in total. The topological polar surface area (TPSA) is 0 Å². The molecule has 0 amide bonds. The number of rotatable bonds is 10. The highest BCUT2D eigenvalue weighted by atomic mass is 13.9. The van der Waals surface area contributed by atoms with Gasteiger partial charge < -0.3 is 0 Å². The minimum atomic E-state index is 0.993. The zero-order valence-corrected chi connectivity index (χ0v) is 10.7. The third kappa shape index (κ3) is 13.0. The number of hydrogen-bond acceptors (Lipinski definition) is 0. The maximum absolute atomic E-state index is 3.62. The van der Waals surface area contributed by atoms with Crippen LogP contribution in [0.5, 0.6) is 0 Å². The maximum Gasteiger partial charge on any atom is -0.0163 e. The molecular formula is C16H26. The highest BCUT2D eigenvalue weighted by Crippen LogP contribution is 2.05. The van der Waals surface area contributed by atoms with E-state index in [2.05, 4.69) is 43.9 Å². The van der Waals surface area contributed by atoms with Crippen LogP contribution in [0.15, 0.2) is 49.1 Å². The molecule has 0 spiro atoms. The monoisotopic (exact) mass is 218 g/mol. The van der Waals surface area contributed by atoms with Crippen LogP contribution < -0.4 is 0 Å². The Hall–Kier alpha value is -1.04. The van der Waals surface area contributed by atoms with Gasteiger partial charge in [-0.15, -0.1) is 0 Å². The maximum atomic E-state index is 3.62. The largest absolute Gasteiger partial charge is 0.0991 e. The summed E-state index contributed by atoms with van der Waals surface area (Å²) in [5.41, 5.74) is 0. The average molecular weight is 218 g/mol. The van der Waals surface area contributed by atoms with Crippen molar-refractivity contribution < 1.29 is 0 Å². The molecule has 0 saturated carbocycles. The summed E-state index contributed by atoms with van der Waals surface area (Å²) in [6.07, 6.45) is 23.6. The first kappa shape index (κ1) is 15.0. The third-order valence-electron chi connectivity index (χ3n) is 2.40. The van der Waals surface area contributed by atoms with Crippen LogP contribution in [0, 0.1) is 0 Å². The van der Waals surface area contributed by atoms with Gasteiger partial charge in [-0.2, -0.15) is 0 Å². The molecule has 90 valence electrons. The first-order valence-corrected chi connectivity index (χ1v) is 6.51. The van der Waals surface area contributed by atoms with Crippen molar-refractivity contribution in [2.75, 3.05) is 0 Å². The van der Waals surface area contributed by atoms with Gasteiger partial charge in [-0.25, -0.2) is 0 Å². The second-order valence-corrected chi connectivity index (χ2v) is 3.96. The Morgan fingerprint density at radius 3 is 2.25 bits per heavy atom. The fourth-order valence-corrected chi connectivity index (χ4v) is 1.45. The van der Waals surface area contributed by atoms with Crippen molar-refractivity contribution in [1.29, 1.82) is 0 Å². The summed E-state index contributed by atoms with van der Waals surface area (Å²) in [6, 6.07) is 0. The van der Waals surface area contributed by atoms with E-state index >= 15 is 0 Å². The standard InChI is InChI=1S/C16H26/c1-3-5-7-9-11-13-15-16-14-12-10-8-6-4-2/h3,5,7,11,13,15-16H,1,4,6,8-10,12,14H2,2H3. The van der Waals surface area contributed by atoms with Gasteiger partial charge in [-0.3, -0.25) is 0 Å². The molecule has 0 heterocycles. The van der Waals surface area contributed by atoms with E-state index in [9.17, 15) is 0 Å². The Morgan fingerprint density at radius 1 is 0.812 bits per heavy atom. The second-order valence-electron chi connectivity index (χ2n) is 3.96. The number of allylic oxidation sites excluding steroid dienone is 7. The van der Waals surface area contributed by atoms with Gasteiger partial charge in [0.15, 0.2) is 0 Å². The molecule has 0 radical (unpaired) electrons. The fraction of sp³-hybridized carbons (Fsp3) is 0.500. The Labute approximate surface area is 101 Å². The predicted octanol–water partition coefficient (Wildman–Crippen LogP) is 5.59. The average Bonchev–Trinajstić information content (AvgIpc) is 2.31. The molecule has 0 aromatic carbocycles. The van der Waals surface area contributed by atoms with Crippen LogP contribution >= 0.6 is 0 Å². The Morgan fingerprint density at radius 2 is 1.50 bits per heavy atom. The van der Waals surface area contributed by atoms with Crippen molar-refractivity contribution in [1.82, 2.24) is 0 Å². The van der Waals surface area contributed by atoms with E-state index in [1.54, 1.807) is 6.08 Å². The van der Waals surface area contributed by atoms with E-state index in [0.29, 0.717) is 0 Å². The molecule has 16 heavy (non-hydrogen) atoms. The van der Waals surface area contributed by atoms with Crippen molar-refractivity contribution in [3.8, 4) is 0 Å². The van der Waals surface area contributed by atoms with E-state index in [-0.39, 0.29) is 0 Å². The summed E-state index contributed by atoms with van der Waals surface area (Å²) in [5, 5.41) is 0. The first-order chi connectivity index (χ1) is 7.91. The molecule has 0 aliphatic heterocycles. The quantitative estimate of drug-likeness (QED) is 0.331. The lowest BCUT2D eigenvalue weighted by molar-refractivity contribution is 0.637. The summed E-state index contributed by atoms with van der Waals surface area (Å²) in [4.78, 5) is 0. The molecule has 0 unspecified atom stereocenters. The third-order valence-corrected chi connectivity index (χ3v) is 2.40. The van der Waals surface area contributed by atoms with Gasteiger partial charge in [0.2, 0.25) is 0 Å². The number of hydrogen-bond donors (Lipinski definition) is 0. The SMILES string of the molecule is C=CC=CCC=CC=CCCCCCCC. The van der Waals surface area contributed by atoms with Gasteiger partial charge >= 0.3 is 0 Å². The highest BCUT2D eigenvalue weighted by molar-refractivity contribution is 5.06. The molecule has 0 bridgehead atoms. The normalized spacial score (nSPS) is 12.1. The van der Waals surface area contributed by atoms with Crippen LogP contribution in [0.1, 0.15) is 51.9 Å². The minimum Gasteiger partial charge on any atom is -0.0991 e. The van der Waals surface area contributed by atoms with Gasteiger partial charge in [0.25, 0.3) is 0 Å². The van der Waals surface area contributed by atoms with Crippen LogP contribution in [0.3, 0.4) is 0 Å². The Bertz CT molecular complexity index is 218. The van der Waals surface area contributed by atoms with Crippen molar-refractivity contribution in [2.45, 2.75) is 51.9 Å². The fourth-order valence-electron chi connectivity index (χ4n) is 1.45. The molecule has 0 heteroatoms. The highest BCUT2D eigenvalue weighted by Gasteiger charge is 1.85. The molecule has 0 aromatic rings. The zero-order chi connectivity index (χ0) is 11.9. The van der Waals surface area contributed by atoms with Crippen molar-refractivity contribution in [2.24, 2.45) is 0 Å². The summed E-state index contributed by atoms with van der Waals surface area (Å²) in [7, 11) is 0. The second kappa shape index (κ2) is 14.0. The molecule has 0 fully saturated rings. The van der Waals surface area contributed by atoms with E-state index in [1.807, 2.05) is 6.08 Å². The molecule has 0 aliphatic rings. The molecule has 0 nitrogen and oxygen atoms in total. The summed E-state index contributed by atoms with van der Waals surface area (Å²) in [6.45, 7) is 5.88. The molecule has 0 aliphatic carbocycles. The smallest absolute Gasteiger partial charge is 0.0163 e. The lowest BCUT2D eigenvalue weighted by Gasteiger charge is -1.95. The lowest BCUT2D eigenvalue weighted by atomic mass is 10.1.